The summed E-state index contributed by atoms with van der Waals surface area (Å²) in [5.41, 5.74) is 1.74. The zero-order chi connectivity index (χ0) is 19.4. The molecule has 1 aromatic rings. The van der Waals surface area contributed by atoms with Gasteiger partial charge >= 0.3 is 6.03 Å². The molecule has 150 valence electrons. The first-order valence-electron chi connectivity index (χ1n) is 9.82. The first kappa shape index (κ1) is 20.4. The van der Waals surface area contributed by atoms with Crippen molar-refractivity contribution in [3.63, 3.8) is 0 Å². The molecule has 0 spiro atoms. The molecule has 2 amide bonds. The van der Waals surface area contributed by atoms with Crippen LogP contribution < -0.4 is 5.32 Å². The first-order chi connectivity index (χ1) is 12.9. The van der Waals surface area contributed by atoms with E-state index in [1.54, 1.807) is 6.07 Å². The molecule has 0 bridgehead atoms. The van der Waals surface area contributed by atoms with Crippen molar-refractivity contribution < 1.29 is 9.53 Å². The third kappa shape index (κ3) is 5.57. The molecule has 1 aromatic carbocycles. The number of morpholine rings is 1. The zero-order valence-electron chi connectivity index (χ0n) is 16.6. The highest BCUT2D eigenvalue weighted by Gasteiger charge is 2.27. The van der Waals surface area contributed by atoms with Crippen LogP contribution in [0.15, 0.2) is 18.2 Å². The molecule has 7 heteroatoms. The number of rotatable bonds is 4. The van der Waals surface area contributed by atoms with Gasteiger partial charge < -0.3 is 15.0 Å². The zero-order valence-corrected chi connectivity index (χ0v) is 17.3. The minimum Gasteiger partial charge on any atom is -0.374 e. The summed E-state index contributed by atoms with van der Waals surface area (Å²) < 4.78 is 5.95. The molecule has 0 aromatic heterocycles. The van der Waals surface area contributed by atoms with E-state index in [1.807, 2.05) is 24.0 Å². The molecule has 2 fully saturated rings. The fourth-order valence-corrected chi connectivity index (χ4v) is 3.80. The Balaban J connectivity index is 1.44. The van der Waals surface area contributed by atoms with Gasteiger partial charge in [-0.3, -0.25) is 9.80 Å². The molecule has 2 saturated heterocycles. The minimum atomic E-state index is -0.0607. The average Bonchev–Trinajstić information content (AvgIpc) is 2.65. The molecule has 2 heterocycles. The maximum absolute atomic E-state index is 12.5. The molecule has 3 rings (SSSR count). The number of aryl methyl sites for hydroxylation is 1. The van der Waals surface area contributed by atoms with Crippen LogP contribution in [0.4, 0.5) is 10.5 Å². The molecule has 0 saturated carbocycles. The molecule has 1 N–H and O–H groups in total. The predicted molar refractivity (Wildman–Crippen MR) is 110 cm³/mol. The SMILES string of the molecule is Cc1ccc(NC(=O)N2CCN(C[C@H]3CN(C(C)C)CCO3)CC2)cc1Cl. The number of anilines is 1. The van der Waals surface area contributed by atoms with E-state index in [0.717, 1.165) is 63.7 Å². The van der Waals surface area contributed by atoms with Crippen LogP contribution in [0.1, 0.15) is 19.4 Å². The van der Waals surface area contributed by atoms with Gasteiger partial charge in [-0.25, -0.2) is 4.79 Å². The molecule has 6 nitrogen and oxygen atoms in total. The predicted octanol–water partition coefficient (Wildman–Crippen LogP) is 2.91. The van der Waals surface area contributed by atoms with Crippen molar-refractivity contribution in [3.8, 4) is 0 Å². The van der Waals surface area contributed by atoms with Gasteiger partial charge in [-0.15, -0.1) is 0 Å². The Morgan fingerprint density at radius 3 is 2.67 bits per heavy atom. The Morgan fingerprint density at radius 1 is 1.26 bits per heavy atom. The monoisotopic (exact) mass is 394 g/mol. The van der Waals surface area contributed by atoms with E-state index in [9.17, 15) is 4.79 Å². The summed E-state index contributed by atoms with van der Waals surface area (Å²) in [4.78, 5) is 19.2. The van der Waals surface area contributed by atoms with Gasteiger partial charge in [0.15, 0.2) is 0 Å². The summed E-state index contributed by atoms with van der Waals surface area (Å²) in [7, 11) is 0. The summed E-state index contributed by atoms with van der Waals surface area (Å²) in [6, 6.07) is 6.10. The number of hydrogen-bond acceptors (Lipinski definition) is 4. The number of hydrogen-bond donors (Lipinski definition) is 1. The van der Waals surface area contributed by atoms with Crippen LogP contribution in [0.25, 0.3) is 0 Å². The highest BCUT2D eigenvalue weighted by Crippen LogP contribution is 2.20. The molecule has 0 unspecified atom stereocenters. The molecule has 27 heavy (non-hydrogen) atoms. The number of ether oxygens (including phenoxy) is 1. The number of carbonyl (C=O) groups excluding carboxylic acids is 1. The lowest BCUT2D eigenvalue weighted by molar-refractivity contribution is -0.0551. The number of piperazine rings is 1. The number of benzene rings is 1. The fraction of sp³-hybridized carbons (Fsp3) is 0.650. The molecular weight excluding hydrogens is 364 g/mol. The second-order valence-corrected chi connectivity index (χ2v) is 8.17. The fourth-order valence-electron chi connectivity index (χ4n) is 3.62. The second-order valence-electron chi connectivity index (χ2n) is 7.76. The third-order valence-corrected chi connectivity index (χ3v) is 5.85. The molecule has 1 atom stereocenters. The van der Waals surface area contributed by atoms with Crippen molar-refractivity contribution >= 4 is 23.3 Å². The van der Waals surface area contributed by atoms with Crippen molar-refractivity contribution in [2.45, 2.75) is 32.9 Å². The van der Waals surface area contributed by atoms with E-state index in [4.69, 9.17) is 16.3 Å². The van der Waals surface area contributed by atoms with E-state index in [2.05, 4.69) is 29.0 Å². The largest absolute Gasteiger partial charge is 0.374 e. The van der Waals surface area contributed by atoms with Gasteiger partial charge in [0.05, 0.1) is 12.7 Å². The molecular formula is C20H31ClN4O2. The number of urea groups is 1. The van der Waals surface area contributed by atoms with Gasteiger partial charge in [-0.1, -0.05) is 17.7 Å². The summed E-state index contributed by atoms with van der Waals surface area (Å²) in [6.07, 6.45) is 0.260. The Bertz CT molecular complexity index is 647. The Labute approximate surface area is 167 Å². The maximum atomic E-state index is 12.5. The number of carbonyl (C=O) groups is 1. The van der Waals surface area contributed by atoms with Gasteiger partial charge in [0, 0.05) is 62.6 Å². The summed E-state index contributed by atoms with van der Waals surface area (Å²) >= 11 is 6.14. The first-order valence-corrected chi connectivity index (χ1v) is 10.2. The van der Waals surface area contributed by atoms with E-state index >= 15 is 0 Å². The van der Waals surface area contributed by atoms with Crippen LogP contribution in [-0.4, -0.2) is 85.3 Å². The highest BCUT2D eigenvalue weighted by molar-refractivity contribution is 6.31. The number of amides is 2. The van der Waals surface area contributed by atoms with Gasteiger partial charge in [-0.05, 0) is 38.5 Å². The molecule has 2 aliphatic rings. The number of nitrogens with zero attached hydrogens (tertiary/aromatic N) is 3. The van der Waals surface area contributed by atoms with E-state index in [-0.39, 0.29) is 12.1 Å². The number of nitrogens with one attached hydrogen (secondary N) is 1. The van der Waals surface area contributed by atoms with E-state index in [0.29, 0.717) is 11.1 Å². The highest BCUT2D eigenvalue weighted by atomic mass is 35.5. The standard InChI is InChI=1S/C20H31ClN4O2/c1-15(2)25-10-11-27-18(14-25)13-23-6-8-24(9-7-23)20(26)22-17-5-4-16(3)19(21)12-17/h4-5,12,15,18H,6-11,13-14H2,1-3H3,(H,22,26)/t18-/m0/s1. The lowest BCUT2D eigenvalue weighted by Crippen LogP contribution is -2.54. The summed E-state index contributed by atoms with van der Waals surface area (Å²) in [6.45, 7) is 13.4. The lowest BCUT2D eigenvalue weighted by atomic mass is 10.2. The number of halogens is 1. The van der Waals surface area contributed by atoms with Crippen LogP contribution in [0.3, 0.4) is 0 Å². The van der Waals surface area contributed by atoms with Crippen LogP contribution in [0.5, 0.6) is 0 Å². The smallest absolute Gasteiger partial charge is 0.321 e. The van der Waals surface area contributed by atoms with Crippen molar-refractivity contribution in [3.05, 3.63) is 28.8 Å². The third-order valence-electron chi connectivity index (χ3n) is 5.44. The average molecular weight is 395 g/mol. The van der Waals surface area contributed by atoms with Crippen molar-refractivity contribution in [2.24, 2.45) is 0 Å². The van der Waals surface area contributed by atoms with Gasteiger partial charge in [-0.2, -0.15) is 0 Å². The van der Waals surface area contributed by atoms with Gasteiger partial charge in [0.25, 0.3) is 0 Å². The molecule has 2 aliphatic heterocycles. The van der Waals surface area contributed by atoms with Gasteiger partial charge in [0.2, 0.25) is 0 Å². The summed E-state index contributed by atoms with van der Waals surface area (Å²) in [5, 5.41) is 3.61. The lowest BCUT2D eigenvalue weighted by Gasteiger charge is -2.40. The van der Waals surface area contributed by atoms with Crippen LogP contribution in [0.2, 0.25) is 5.02 Å². The van der Waals surface area contributed by atoms with Gasteiger partial charge in [0.1, 0.15) is 0 Å². The van der Waals surface area contributed by atoms with E-state index in [1.165, 1.54) is 0 Å². The van der Waals surface area contributed by atoms with E-state index < -0.39 is 0 Å². The summed E-state index contributed by atoms with van der Waals surface area (Å²) in [5.74, 6) is 0. The quantitative estimate of drug-likeness (QED) is 0.853. The second kappa shape index (κ2) is 9.24. The van der Waals surface area contributed by atoms with Crippen molar-refractivity contribution in [2.75, 3.05) is 57.7 Å². The molecule has 0 aliphatic carbocycles. The minimum absolute atomic E-state index is 0.0607. The Morgan fingerprint density at radius 2 is 2.00 bits per heavy atom. The van der Waals surface area contributed by atoms with Crippen LogP contribution in [-0.2, 0) is 4.74 Å². The normalized spacial score (nSPS) is 22.3. The van der Waals surface area contributed by atoms with Crippen LogP contribution in [0, 0.1) is 6.92 Å². The van der Waals surface area contributed by atoms with Crippen LogP contribution >= 0.6 is 11.6 Å². The molecule has 0 radical (unpaired) electrons. The van der Waals surface area contributed by atoms with Crippen molar-refractivity contribution in [1.82, 2.24) is 14.7 Å². The topological polar surface area (TPSA) is 48.1 Å². The van der Waals surface area contributed by atoms with Crippen molar-refractivity contribution in [1.29, 1.82) is 0 Å². The Hall–Kier alpha value is -1.34. The Kier molecular flexibility index (Phi) is 6.98. The maximum Gasteiger partial charge on any atom is 0.321 e.